The van der Waals surface area contributed by atoms with E-state index >= 15 is 0 Å². The zero-order valence-corrected chi connectivity index (χ0v) is 14.0. The molecule has 5 heteroatoms. The van der Waals surface area contributed by atoms with E-state index in [4.69, 9.17) is 4.42 Å². The number of carbonyl (C=O) groups excluding carboxylic acids is 1. The molecule has 1 amide bonds. The number of oxazole rings is 1. The van der Waals surface area contributed by atoms with Crippen LogP contribution in [-0.2, 0) is 11.2 Å². The lowest BCUT2D eigenvalue weighted by Gasteiger charge is -2.08. The SMILES string of the molecule is Cc1cc(F)ccc1NC(=O)CCCc1ncc(-c2ccccc2)o1. The predicted octanol–water partition coefficient (Wildman–Crippen LogP) is 4.75. The Bertz CT molecular complexity index is 859. The van der Waals surface area contributed by atoms with Crippen molar-refractivity contribution in [2.24, 2.45) is 0 Å². The van der Waals surface area contributed by atoms with Gasteiger partial charge in [-0.15, -0.1) is 0 Å². The van der Waals surface area contributed by atoms with Gasteiger partial charge in [-0.05, 0) is 37.1 Å². The summed E-state index contributed by atoms with van der Waals surface area (Å²) in [7, 11) is 0. The van der Waals surface area contributed by atoms with E-state index < -0.39 is 0 Å². The van der Waals surface area contributed by atoms with Crippen LogP contribution in [0.5, 0.6) is 0 Å². The molecule has 1 heterocycles. The highest BCUT2D eigenvalue weighted by atomic mass is 19.1. The average Bonchev–Trinajstić information content (AvgIpc) is 3.07. The van der Waals surface area contributed by atoms with Crippen LogP contribution < -0.4 is 5.32 Å². The van der Waals surface area contributed by atoms with Crippen molar-refractivity contribution in [1.29, 1.82) is 0 Å². The molecule has 0 saturated heterocycles. The van der Waals surface area contributed by atoms with Crippen molar-refractivity contribution in [2.45, 2.75) is 26.2 Å². The van der Waals surface area contributed by atoms with Crippen LogP contribution in [0.25, 0.3) is 11.3 Å². The molecule has 0 atom stereocenters. The molecule has 4 nitrogen and oxygen atoms in total. The van der Waals surface area contributed by atoms with Gasteiger partial charge in [-0.3, -0.25) is 4.79 Å². The molecule has 2 aromatic carbocycles. The Labute approximate surface area is 145 Å². The Balaban J connectivity index is 1.49. The van der Waals surface area contributed by atoms with Crippen LogP contribution in [-0.4, -0.2) is 10.9 Å². The summed E-state index contributed by atoms with van der Waals surface area (Å²) in [5.41, 5.74) is 2.31. The van der Waals surface area contributed by atoms with Gasteiger partial charge in [-0.25, -0.2) is 9.37 Å². The lowest BCUT2D eigenvalue weighted by molar-refractivity contribution is -0.116. The van der Waals surface area contributed by atoms with Crippen molar-refractivity contribution in [3.05, 3.63) is 72.0 Å². The van der Waals surface area contributed by atoms with E-state index in [-0.39, 0.29) is 11.7 Å². The molecule has 1 aromatic heterocycles. The topological polar surface area (TPSA) is 55.1 Å². The number of hydrogen-bond donors (Lipinski definition) is 1. The number of amides is 1. The van der Waals surface area contributed by atoms with E-state index in [1.54, 1.807) is 19.2 Å². The summed E-state index contributed by atoms with van der Waals surface area (Å²) < 4.78 is 18.8. The van der Waals surface area contributed by atoms with Gasteiger partial charge in [0.1, 0.15) is 5.82 Å². The Morgan fingerprint density at radius 3 is 2.76 bits per heavy atom. The summed E-state index contributed by atoms with van der Waals surface area (Å²) in [5, 5.41) is 2.80. The van der Waals surface area contributed by atoms with E-state index in [1.165, 1.54) is 12.1 Å². The number of aryl methyl sites for hydroxylation is 2. The van der Waals surface area contributed by atoms with Gasteiger partial charge >= 0.3 is 0 Å². The van der Waals surface area contributed by atoms with Crippen LogP contribution in [0, 0.1) is 12.7 Å². The van der Waals surface area contributed by atoms with Crippen LogP contribution in [0.15, 0.2) is 59.1 Å². The first-order chi connectivity index (χ1) is 12.1. The maximum absolute atomic E-state index is 13.1. The molecule has 0 aliphatic heterocycles. The monoisotopic (exact) mass is 338 g/mol. The molecule has 128 valence electrons. The van der Waals surface area contributed by atoms with E-state index in [9.17, 15) is 9.18 Å². The highest BCUT2D eigenvalue weighted by molar-refractivity contribution is 5.91. The lowest BCUT2D eigenvalue weighted by atomic mass is 10.2. The Morgan fingerprint density at radius 1 is 1.20 bits per heavy atom. The molecular formula is C20H19FN2O2. The lowest BCUT2D eigenvalue weighted by Crippen LogP contribution is -2.12. The van der Waals surface area contributed by atoms with Gasteiger partial charge in [-0.1, -0.05) is 30.3 Å². The van der Waals surface area contributed by atoms with E-state index in [2.05, 4.69) is 10.3 Å². The molecule has 0 bridgehead atoms. The first-order valence-electron chi connectivity index (χ1n) is 8.18. The number of benzene rings is 2. The Morgan fingerprint density at radius 2 is 2.00 bits per heavy atom. The average molecular weight is 338 g/mol. The fourth-order valence-corrected chi connectivity index (χ4v) is 2.54. The van der Waals surface area contributed by atoms with Crippen molar-refractivity contribution >= 4 is 11.6 Å². The third-order valence-corrected chi connectivity index (χ3v) is 3.87. The number of anilines is 1. The van der Waals surface area contributed by atoms with Crippen molar-refractivity contribution in [2.75, 3.05) is 5.32 Å². The van der Waals surface area contributed by atoms with Crippen LogP contribution >= 0.6 is 0 Å². The van der Waals surface area contributed by atoms with Crippen LogP contribution in [0.4, 0.5) is 10.1 Å². The minimum absolute atomic E-state index is 0.107. The van der Waals surface area contributed by atoms with Crippen molar-refractivity contribution in [1.82, 2.24) is 4.98 Å². The second-order valence-electron chi connectivity index (χ2n) is 5.85. The maximum Gasteiger partial charge on any atom is 0.224 e. The fraction of sp³-hybridized carbons (Fsp3) is 0.200. The molecule has 0 aliphatic carbocycles. The molecule has 1 N–H and O–H groups in total. The Hall–Kier alpha value is -2.95. The summed E-state index contributed by atoms with van der Waals surface area (Å²) >= 11 is 0. The van der Waals surface area contributed by atoms with Gasteiger partial charge < -0.3 is 9.73 Å². The second-order valence-corrected chi connectivity index (χ2v) is 5.85. The summed E-state index contributed by atoms with van der Waals surface area (Å²) in [6, 6.07) is 14.1. The quantitative estimate of drug-likeness (QED) is 0.705. The summed E-state index contributed by atoms with van der Waals surface area (Å²) in [4.78, 5) is 16.3. The molecule has 0 saturated carbocycles. The minimum atomic E-state index is -0.311. The van der Waals surface area contributed by atoms with Gasteiger partial charge in [0, 0.05) is 24.1 Å². The van der Waals surface area contributed by atoms with E-state index in [1.807, 2.05) is 30.3 Å². The number of halogens is 1. The predicted molar refractivity (Wildman–Crippen MR) is 94.6 cm³/mol. The van der Waals surface area contributed by atoms with Crippen LogP contribution in [0.3, 0.4) is 0 Å². The number of aromatic nitrogens is 1. The van der Waals surface area contributed by atoms with Crippen LogP contribution in [0.1, 0.15) is 24.3 Å². The van der Waals surface area contributed by atoms with Gasteiger partial charge in [0.15, 0.2) is 11.7 Å². The van der Waals surface area contributed by atoms with Crippen molar-refractivity contribution in [3.63, 3.8) is 0 Å². The molecule has 0 spiro atoms. The molecular weight excluding hydrogens is 319 g/mol. The maximum atomic E-state index is 13.1. The third-order valence-electron chi connectivity index (χ3n) is 3.87. The number of nitrogens with one attached hydrogen (secondary N) is 1. The van der Waals surface area contributed by atoms with Gasteiger partial charge in [0.2, 0.25) is 5.91 Å². The zero-order chi connectivity index (χ0) is 17.6. The summed E-state index contributed by atoms with van der Waals surface area (Å²) in [6.07, 6.45) is 3.26. The van der Waals surface area contributed by atoms with Gasteiger partial charge in [0.05, 0.1) is 6.20 Å². The second kappa shape index (κ2) is 7.75. The Kier molecular flexibility index (Phi) is 5.23. The molecule has 3 aromatic rings. The molecule has 25 heavy (non-hydrogen) atoms. The first-order valence-corrected chi connectivity index (χ1v) is 8.18. The first kappa shape index (κ1) is 16.9. The zero-order valence-electron chi connectivity index (χ0n) is 14.0. The standard InChI is InChI=1S/C20H19FN2O2/c1-14-12-16(21)10-11-17(14)23-19(24)8-5-9-20-22-13-18(25-20)15-6-3-2-4-7-15/h2-4,6-7,10-13H,5,8-9H2,1H3,(H,23,24). The van der Waals surface area contributed by atoms with E-state index in [0.29, 0.717) is 36.4 Å². The molecule has 0 radical (unpaired) electrons. The number of rotatable bonds is 6. The largest absolute Gasteiger partial charge is 0.441 e. The third kappa shape index (κ3) is 4.53. The molecule has 0 aliphatic rings. The van der Waals surface area contributed by atoms with Gasteiger partial charge in [0.25, 0.3) is 0 Å². The molecule has 0 unspecified atom stereocenters. The number of carbonyl (C=O) groups is 1. The fourth-order valence-electron chi connectivity index (χ4n) is 2.54. The number of hydrogen-bond acceptors (Lipinski definition) is 3. The van der Waals surface area contributed by atoms with Crippen LogP contribution in [0.2, 0.25) is 0 Å². The van der Waals surface area contributed by atoms with Crippen molar-refractivity contribution < 1.29 is 13.6 Å². The highest BCUT2D eigenvalue weighted by Crippen LogP contribution is 2.21. The minimum Gasteiger partial charge on any atom is -0.441 e. The summed E-state index contributed by atoms with van der Waals surface area (Å²) in [6.45, 7) is 1.76. The smallest absolute Gasteiger partial charge is 0.224 e. The molecule has 3 rings (SSSR count). The van der Waals surface area contributed by atoms with Crippen molar-refractivity contribution in [3.8, 4) is 11.3 Å². The highest BCUT2D eigenvalue weighted by Gasteiger charge is 2.09. The number of nitrogens with zero attached hydrogens (tertiary/aromatic N) is 1. The van der Waals surface area contributed by atoms with E-state index in [0.717, 1.165) is 11.3 Å². The summed E-state index contributed by atoms with van der Waals surface area (Å²) in [5.74, 6) is 0.921. The normalized spacial score (nSPS) is 10.6. The van der Waals surface area contributed by atoms with Gasteiger partial charge in [-0.2, -0.15) is 0 Å². The molecule has 0 fully saturated rings.